The average Bonchev–Trinajstić information content (AvgIpc) is 2.67. The van der Waals surface area contributed by atoms with E-state index in [1.54, 1.807) is 11.5 Å². The molecule has 1 unspecified atom stereocenters. The summed E-state index contributed by atoms with van der Waals surface area (Å²) in [5, 5.41) is 1.10. The van der Waals surface area contributed by atoms with Crippen molar-refractivity contribution in [3.05, 3.63) is 5.82 Å². The van der Waals surface area contributed by atoms with Crippen molar-refractivity contribution in [3.8, 4) is 0 Å². The zero-order valence-electron chi connectivity index (χ0n) is 8.95. The van der Waals surface area contributed by atoms with Crippen LogP contribution in [0.25, 0.3) is 0 Å². The van der Waals surface area contributed by atoms with Crippen LogP contribution in [-0.4, -0.2) is 27.3 Å². The minimum Gasteiger partial charge on any atom is -0.346 e. The van der Waals surface area contributed by atoms with Crippen LogP contribution in [0.15, 0.2) is 0 Å². The summed E-state index contributed by atoms with van der Waals surface area (Å²) in [4.78, 5) is 7.53. The van der Waals surface area contributed by atoms with Gasteiger partial charge in [0.25, 0.3) is 0 Å². The Balaban J connectivity index is 2.01. The molecule has 1 saturated heterocycles. The molecular weight excluding hydrogens is 274 g/mol. The van der Waals surface area contributed by atoms with E-state index in [1.165, 1.54) is 12.8 Å². The summed E-state index contributed by atoms with van der Waals surface area (Å²) in [7, 11) is 0. The van der Waals surface area contributed by atoms with E-state index in [2.05, 4.69) is 37.1 Å². The van der Waals surface area contributed by atoms with E-state index in [0.29, 0.717) is 4.83 Å². The molecule has 3 nitrogen and oxygen atoms in total. The van der Waals surface area contributed by atoms with Crippen LogP contribution in [0.4, 0.5) is 5.13 Å². The minimum atomic E-state index is 0.616. The van der Waals surface area contributed by atoms with Gasteiger partial charge in [0.15, 0.2) is 0 Å². The van der Waals surface area contributed by atoms with Crippen LogP contribution in [0.5, 0.6) is 0 Å². The Labute approximate surface area is 103 Å². The topological polar surface area (TPSA) is 29.0 Å². The molecule has 1 aromatic rings. The predicted octanol–water partition coefficient (Wildman–Crippen LogP) is 2.85. The van der Waals surface area contributed by atoms with Crippen molar-refractivity contribution in [1.82, 2.24) is 9.36 Å². The number of rotatable bonds is 3. The molecule has 0 N–H and O–H groups in total. The van der Waals surface area contributed by atoms with E-state index in [4.69, 9.17) is 0 Å². The molecule has 0 aromatic carbocycles. The van der Waals surface area contributed by atoms with Gasteiger partial charge in [0.2, 0.25) is 5.13 Å². The highest BCUT2D eigenvalue weighted by molar-refractivity contribution is 9.09. The first-order chi connectivity index (χ1) is 7.29. The molecule has 5 heteroatoms. The highest BCUT2D eigenvalue weighted by Crippen LogP contribution is 2.24. The van der Waals surface area contributed by atoms with Crippen molar-refractivity contribution in [1.29, 1.82) is 0 Å². The lowest BCUT2D eigenvalue weighted by Gasteiger charge is -2.29. The lowest BCUT2D eigenvalue weighted by atomic mass is 10.1. The number of alkyl halides is 1. The number of nitrogens with zero attached hydrogens (tertiary/aromatic N) is 3. The van der Waals surface area contributed by atoms with E-state index in [1.807, 2.05) is 0 Å². The third-order valence-electron chi connectivity index (χ3n) is 2.57. The molecule has 1 aliphatic rings. The summed E-state index contributed by atoms with van der Waals surface area (Å²) in [6.07, 6.45) is 4.65. The second kappa shape index (κ2) is 5.25. The molecule has 2 heterocycles. The standard InChI is InChI=1S/C10H16BrN3S/c1-2-4-9-12-10(15-13-9)14-6-3-5-8(11)7-14/h8H,2-7H2,1H3. The van der Waals surface area contributed by atoms with Crippen LogP contribution in [-0.2, 0) is 6.42 Å². The van der Waals surface area contributed by atoms with Crippen LogP contribution < -0.4 is 4.90 Å². The van der Waals surface area contributed by atoms with E-state index >= 15 is 0 Å². The van der Waals surface area contributed by atoms with E-state index < -0.39 is 0 Å². The third-order valence-corrected chi connectivity index (χ3v) is 4.13. The first-order valence-corrected chi connectivity index (χ1v) is 7.20. The first-order valence-electron chi connectivity index (χ1n) is 5.51. The minimum absolute atomic E-state index is 0.616. The van der Waals surface area contributed by atoms with Gasteiger partial charge in [-0.25, -0.2) is 4.98 Å². The summed E-state index contributed by atoms with van der Waals surface area (Å²) in [5.41, 5.74) is 0. The first kappa shape index (κ1) is 11.3. The monoisotopic (exact) mass is 289 g/mol. The smallest absolute Gasteiger partial charge is 0.205 e. The van der Waals surface area contributed by atoms with Gasteiger partial charge >= 0.3 is 0 Å². The molecule has 0 amide bonds. The van der Waals surface area contributed by atoms with Gasteiger partial charge in [-0.05, 0) is 19.3 Å². The number of hydrogen-bond donors (Lipinski definition) is 0. The molecule has 15 heavy (non-hydrogen) atoms. The molecule has 1 aromatic heterocycles. The molecule has 0 radical (unpaired) electrons. The molecule has 0 spiro atoms. The van der Waals surface area contributed by atoms with Gasteiger partial charge in [0, 0.05) is 35.9 Å². The summed E-state index contributed by atoms with van der Waals surface area (Å²) in [5.74, 6) is 1.01. The Morgan fingerprint density at radius 1 is 1.60 bits per heavy atom. The third kappa shape index (κ3) is 2.91. The molecule has 84 valence electrons. The molecule has 0 saturated carbocycles. The van der Waals surface area contributed by atoms with E-state index in [9.17, 15) is 0 Å². The predicted molar refractivity (Wildman–Crippen MR) is 68.1 cm³/mol. The highest BCUT2D eigenvalue weighted by Gasteiger charge is 2.20. The average molecular weight is 290 g/mol. The quantitative estimate of drug-likeness (QED) is 0.802. The van der Waals surface area contributed by atoms with Crippen LogP contribution in [0.1, 0.15) is 32.0 Å². The van der Waals surface area contributed by atoms with Crippen LogP contribution >= 0.6 is 27.5 Å². The molecular formula is C10H16BrN3S. The Morgan fingerprint density at radius 2 is 2.47 bits per heavy atom. The van der Waals surface area contributed by atoms with Gasteiger partial charge in [0.1, 0.15) is 5.82 Å². The van der Waals surface area contributed by atoms with E-state index in [0.717, 1.165) is 36.9 Å². The van der Waals surface area contributed by atoms with Crippen molar-refractivity contribution >= 4 is 32.6 Å². The van der Waals surface area contributed by atoms with Crippen LogP contribution in [0, 0.1) is 0 Å². The fourth-order valence-electron chi connectivity index (χ4n) is 1.80. The van der Waals surface area contributed by atoms with Gasteiger partial charge < -0.3 is 4.90 Å². The molecule has 1 fully saturated rings. The van der Waals surface area contributed by atoms with Crippen LogP contribution in [0.2, 0.25) is 0 Å². The second-order valence-corrected chi connectivity index (χ2v) is 5.95. The zero-order chi connectivity index (χ0) is 10.7. The summed E-state index contributed by atoms with van der Waals surface area (Å²) >= 11 is 5.22. The number of aromatic nitrogens is 2. The van der Waals surface area contributed by atoms with Gasteiger partial charge in [-0.15, -0.1) is 0 Å². The zero-order valence-corrected chi connectivity index (χ0v) is 11.4. The Morgan fingerprint density at radius 3 is 3.20 bits per heavy atom. The van der Waals surface area contributed by atoms with Crippen molar-refractivity contribution in [2.45, 2.75) is 37.4 Å². The maximum Gasteiger partial charge on any atom is 0.205 e. The molecule has 1 aliphatic heterocycles. The number of aryl methyl sites for hydroxylation is 1. The number of anilines is 1. The number of halogens is 1. The Hall–Kier alpha value is -0.160. The van der Waals surface area contributed by atoms with Gasteiger partial charge in [-0.2, -0.15) is 4.37 Å². The molecule has 0 bridgehead atoms. The molecule has 0 aliphatic carbocycles. The van der Waals surface area contributed by atoms with Crippen LogP contribution in [0.3, 0.4) is 0 Å². The number of hydrogen-bond acceptors (Lipinski definition) is 4. The Kier molecular flexibility index (Phi) is 3.97. The van der Waals surface area contributed by atoms with Crippen molar-refractivity contribution in [2.24, 2.45) is 0 Å². The number of piperidine rings is 1. The van der Waals surface area contributed by atoms with Gasteiger partial charge in [-0.1, -0.05) is 22.9 Å². The van der Waals surface area contributed by atoms with E-state index in [-0.39, 0.29) is 0 Å². The fourth-order valence-corrected chi connectivity index (χ4v) is 3.22. The lowest BCUT2D eigenvalue weighted by Crippen LogP contribution is -2.35. The summed E-state index contributed by atoms with van der Waals surface area (Å²) in [6, 6.07) is 0. The fraction of sp³-hybridized carbons (Fsp3) is 0.800. The van der Waals surface area contributed by atoms with Crippen molar-refractivity contribution in [3.63, 3.8) is 0 Å². The normalized spacial score (nSPS) is 22.0. The maximum atomic E-state index is 4.57. The molecule has 2 rings (SSSR count). The van der Waals surface area contributed by atoms with Gasteiger partial charge in [0.05, 0.1) is 0 Å². The van der Waals surface area contributed by atoms with Crippen molar-refractivity contribution in [2.75, 3.05) is 18.0 Å². The van der Waals surface area contributed by atoms with Crippen molar-refractivity contribution < 1.29 is 0 Å². The van der Waals surface area contributed by atoms with Gasteiger partial charge in [-0.3, -0.25) is 0 Å². The lowest BCUT2D eigenvalue weighted by molar-refractivity contribution is 0.594. The summed E-state index contributed by atoms with van der Waals surface area (Å²) < 4.78 is 4.38. The second-order valence-electron chi connectivity index (χ2n) is 3.93. The maximum absolute atomic E-state index is 4.57. The summed E-state index contributed by atoms with van der Waals surface area (Å²) in [6.45, 7) is 4.36. The molecule has 1 atom stereocenters. The Bertz CT molecular complexity index is 315. The SMILES string of the molecule is CCCc1nsc(N2CCCC(Br)C2)n1. The largest absolute Gasteiger partial charge is 0.346 e. The highest BCUT2D eigenvalue weighted by atomic mass is 79.9.